The van der Waals surface area contributed by atoms with E-state index < -0.39 is 0 Å². The Bertz CT molecular complexity index is 926. The smallest absolute Gasteiger partial charge is 0.339 e. The van der Waals surface area contributed by atoms with Crippen molar-refractivity contribution in [3.05, 3.63) is 47.3 Å². The van der Waals surface area contributed by atoms with Gasteiger partial charge in [0.05, 0.1) is 23.6 Å². The number of rotatable bonds is 6. The van der Waals surface area contributed by atoms with Gasteiger partial charge in [-0.15, -0.1) is 11.3 Å². The first-order chi connectivity index (χ1) is 14.2. The standard InChI is InChI=1S/C20H23N5O3S/c1-2-27-20(26)15-6-7-17(21-13-15)25-9-4-8-24(10-11-25)14-18-22-19(23-28-18)16-5-3-12-29-16/h3,5-7,12-13H,2,4,8-11,14H2,1H3. The number of nitrogens with zero attached hydrogens (tertiary/aromatic N) is 5. The van der Waals surface area contributed by atoms with Gasteiger partial charge in [0.25, 0.3) is 0 Å². The first-order valence-electron chi connectivity index (χ1n) is 9.70. The first kappa shape index (κ1) is 19.5. The molecule has 152 valence electrons. The Kier molecular flexibility index (Phi) is 6.16. The summed E-state index contributed by atoms with van der Waals surface area (Å²) in [7, 11) is 0. The summed E-state index contributed by atoms with van der Waals surface area (Å²) < 4.78 is 10.4. The molecular formula is C20H23N5O3S. The van der Waals surface area contributed by atoms with Gasteiger partial charge in [-0.3, -0.25) is 4.90 Å². The van der Waals surface area contributed by atoms with E-state index in [4.69, 9.17) is 9.26 Å². The molecule has 1 saturated heterocycles. The largest absolute Gasteiger partial charge is 0.462 e. The van der Waals surface area contributed by atoms with Crippen molar-refractivity contribution >= 4 is 23.1 Å². The molecule has 9 heteroatoms. The summed E-state index contributed by atoms with van der Waals surface area (Å²) in [5.74, 6) is 1.82. The maximum absolute atomic E-state index is 11.8. The average molecular weight is 414 g/mol. The molecule has 0 unspecified atom stereocenters. The summed E-state index contributed by atoms with van der Waals surface area (Å²) in [4.78, 5) is 26.3. The van der Waals surface area contributed by atoms with Crippen LogP contribution in [0.4, 0.5) is 5.82 Å². The molecule has 0 aliphatic carbocycles. The summed E-state index contributed by atoms with van der Waals surface area (Å²) in [6.45, 7) is 6.37. The van der Waals surface area contributed by atoms with Crippen LogP contribution in [-0.4, -0.2) is 58.8 Å². The number of anilines is 1. The van der Waals surface area contributed by atoms with E-state index >= 15 is 0 Å². The lowest BCUT2D eigenvalue weighted by atomic mass is 10.2. The number of thiophene rings is 1. The number of pyridine rings is 1. The number of carbonyl (C=O) groups is 1. The maximum atomic E-state index is 11.8. The summed E-state index contributed by atoms with van der Waals surface area (Å²) >= 11 is 1.60. The van der Waals surface area contributed by atoms with Crippen molar-refractivity contribution < 1.29 is 14.1 Å². The van der Waals surface area contributed by atoms with Crippen LogP contribution >= 0.6 is 11.3 Å². The van der Waals surface area contributed by atoms with Crippen LogP contribution in [0.5, 0.6) is 0 Å². The number of carbonyl (C=O) groups excluding carboxylic acids is 1. The molecule has 8 nitrogen and oxygen atoms in total. The number of esters is 1. The van der Waals surface area contributed by atoms with Crippen LogP contribution in [0.1, 0.15) is 29.6 Å². The second-order valence-electron chi connectivity index (χ2n) is 6.73. The van der Waals surface area contributed by atoms with Crippen LogP contribution in [-0.2, 0) is 11.3 Å². The van der Waals surface area contributed by atoms with E-state index in [-0.39, 0.29) is 5.97 Å². The van der Waals surface area contributed by atoms with E-state index in [2.05, 4.69) is 24.9 Å². The fourth-order valence-corrected chi connectivity index (χ4v) is 3.93. The third-order valence-electron chi connectivity index (χ3n) is 4.74. The second-order valence-corrected chi connectivity index (χ2v) is 7.68. The molecule has 0 spiro atoms. The van der Waals surface area contributed by atoms with Gasteiger partial charge in [-0.2, -0.15) is 4.98 Å². The molecule has 29 heavy (non-hydrogen) atoms. The SMILES string of the molecule is CCOC(=O)c1ccc(N2CCCN(Cc3nc(-c4cccs4)no3)CC2)nc1. The predicted octanol–water partition coefficient (Wildman–Crippen LogP) is 3.08. The van der Waals surface area contributed by atoms with Crippen molar-refractivity contribution in [2.45, 2.75) is 19.9 Å². The summed E-state index contributed by atoms with van der Waals surface area (Å²) in [6.07, 6.45) is 2.59. The minimum absolute atomic E-state index is 0.338. The van der Waals surface area contributed by atoms with Gasteiger partial charge in [0.1, 0.15) is 5.82 Å². The number of hydrogen-bond acceptors (Lipinski definition) is 9. The highest BCUT2D eigenvalue weighted by atomic mass is 32.1. The first-order valence-corrected chi connectivity index (χ1v) is 10.6. The highest BCUT2D eigenvalue weighted by Gasteiger charge is 2.19. The van der Waals surface area contributed by atoms with Crippen LogP contribution in [0.3, 0.4) is 0 Å². The average Bonchev–Trinajstić information content (AvgIpc) is 3.37. The molecular weight excluding hydrogens is 390 g/mol. The molecule has 4 heterocycles. The van der Waals surface area contributed by atoms with Crippen molar-refractivity contribution in [1.29, 1.82) is 0 Å². The number of aromatic nitrogens is 3. The van der Waals surface area contributed by atoms with Crippen molar-refractivity contribution in [3.8, 4) is 10.7 Å². The third-order valence-corrected chi connectivity index (χ3v) is 5.61. The quantitative estimate of drug-likeness (QED) is 0.570. The Hall–Kier alpha value is -2.78. The highest BCUT2D eigenvalue weighted by molar-refractivity contribution is 7.13. The van der Waals surface area contributed by atoms with Crippen LogP contribution in [0, 0.1) is 0 Å². The molecule has 0 radical (unpaired) electrons. The van der Waals surface area contributed by atoms with E-state index in [1.807, 2.05) is 23.6 Å². The number of hydrogen-bond donors (Lipinski definition) is 0. The third kappa shape index (κ3) is 4.80. The van der Waals surface area contributed by atoms with Crippen molar-refractivity contribution in [2.75, 3.05) is 37.7 Å². The zero-order valence-corrected chi connectivity index (χ0v) is 17.1. The maximum Gasteiger partial charge on any atom is 0.339 e. The zero-order chi connectivity index (χ0) is 20.1. The second kappa shape index (κ2) is 9.15. The normalized spacial score (nSPS) is 15.3. The Morgan fingerprint density at radius 3 is 2.93 bits per heavy atom. The molecule has 1 aliphatic heterocycles. The van der Waals surface area contributed by atoms with Gasteiger partial charge in [-0.1, -0.05) is 11.2 Å². The molecule has 0 amide bonds. The van der Waals surface area contributed by atoms with Crippen LogP contribution in [0.2, 0.25) is 0 Å². The summed E-state index contributed by atoms with van der Waals surface area (Å²) in [5.41, 5.74) is 0.477. The Balaban J connectivity index is 1.34. The molecule has 4 rings (SSSR count). The van der Waals surface area contributed by atoms with Gasteiger partial charge in [-0.05, 0) is 36.9 Å². The monoisotopic (exact) mass is 413 g/mol. The molecule has 1 aliphatic rings. The van der Waals surface area contributed by atoms with E-state index in [1.165, 1.54) is 0 Å². The van der Waals surface area contributed by atoms with Gasteiger partial charge >= 0.3 is 5.97 Å². The Morgan fingerprint density at radius 1 is 1.24 bits per heavy atom. The van der Waals surface area contributed by atoms with Crippen molar-refractivity contribution in [1.82, 2.24) is 20.0 Å². The summed E-state index contributed by atoms with van der Waals surface area (Å²) in [5, 5.41) is 6.09. The topological polar surface area (TPSA) is 84.6 Å². The lowest BCUT2D eigenvalue weighted by Gasteiger charge is -2.22. The summed E-state index contributed by atoms with van der Waals surface area (Å²) in [6, 6.07) is 7.62. The lowest BCUT2D eigenvalue weighted by Crippen LogP contribution is -2.31. The molecule has 0 aromatic carbocycles. The van der Waals surface area contributed by atoms with Crippen LogP contribution < -0.4 is 4.90 Å². The fourth-order valence-electron chi connectivity index (χ4n) is 3.28. The van der Waals surface area contributed by atoms with Gasteiger partial charge in [-0.25, -0.2) is 9.78 Å². The Labute approximate surface area is 173 Å². The van der Waals surface area contributed by atoms with Gasteiger partial charge in [0, 0.05) is 32.4 Å². The highest BCUT2D eigenvalue weighted by Crippen LogP contribution is 2.22. The fraction of sp³-hybridized carbons (Fsp3) is 0.400. The molecule has 0 N–H and O–H groups in total. The minimum Gasteiger partial charge on any atom is -0.462 e. The molecule has 1 fully saturated rings. The molecule has 0 saturated carbocycles. The minimum atomic E-state index is -0.338. The zero-order valence-electron chi connectivity index (χ0n) is 16.3. The van der Waals surface area contributed by atoms with Crippen molar-refractivity contribution in [3.63, 3.8) is 0 Å². The van der Waals surface area contributed by atoms with Gasteiger partial charge in [0.2, 0.25) is 11.7 Å². The van der Waals surface area contributed by atoms with E-state index in [9.17, 15) is 4.79 Å². The molecule has 3 aromatic heterocycles. The Morgan fingerprint density at radius 2 is 2.17 bits per heavy atom. The van der Waals surface area contributed by atoms with Crippen molar-refractivity contribution in [2.24, 2.45) is 0 Å². The van der Waals surface area contributed by atoms with Crippen LogP contribution in [0.25, 0.3) is 10.7 Å². The van der Waals surface area contributed by atoms with E-state index in [0.29, 0.717) is 30.4 Å². The molecule has 0 bridgehead atoms. The molecule has 0 atom stereocenters. The molecule has 3 aromatic rings. The van der Waals surface area contributed by atoms with E-state index in [1.54, 1.807) is 30.5 Å². The van der Waals surface area contributed by atoms with Gasteiger partial charge in [0.15, 0.2) is 0 Å². The number of ether oxygens (including phenoxy) is 1. The van der Waals surface area contributed by atoms with Gasteiger partial charge < -0.3 is 14.2 Å². The predicted molar refractivity (Wildman–Crippen MR) is 110 cm³/mol. The van der Waals surface area contributed by atoms with E-state index in [0.717, 1.165) is 43.3 Å². The van der Waals surface area contributed by atoms with Crippen LogP contribution in [0.15, 0.2) is 40.4 Å². The lowest BCUT2D eigenvalue weighted by molar-refractivity contribution is 0.0526.